The molecular weight excluding hydrogens is 418 g/mol. The quantitative estimate of drug-likeness (QED) is 0.647. The number of hydrogen-bond donors (Lipinski definition) is 1. The molecule has 3 heterocycles. The lowest BCUT2D eigenvalue weighted by Crippen LogP contribution is -2.37. The van der Waals surface area contributed by atoms with Crippen molar-refractivity contribution in [3.63, 3.8) is 0 Å². The molecule has 0 fully saturated rings. The molecule has 152 valence electrons. The maximum absolute atomic E-state index is 12.5. The van der Waals surface area contributed by atoms with Crippen LogP contribution >= 0.6 is 23.1 Å². The minimum Gasteiger partial charge on any atom is -0.493 e. The lowest BCUT2D eigenvalue weighted by Gasteiger charge is -2.28. The molecule has 0 unspecified atom stereocenters. The number of carbonyl (C=O) groups is 2. The third-order valence-corrected chi connectivity index (χ3v) is 6.91. The van der Waals surface area contributed by atoms with Gasteiger partial charge in [0.15, 0.2) is 5.13 Å². The summed E-state index contributed by atoms with van der Waals surface area (Å²) in [6.07, 6.45) is 1.13. The molecule has 30 heavy (non-hydrogen) atoms. The maximum Gasteiger partial charge on any atom is 0.237 e. The summed E-state index contributed by atoms with van der Waals surface area (Å²) in [6.45, 7) is 1.07. The summed E-state index contributed by atoms with van der Waals surface area (Å²) >= 11 is 2.94. The zero-order chi connectivity index (χ0) is 20.5. The number of thiazole rings is 1. The second-order valence-electron chi connectivity index (χ2n) is 7.06. The minimum absolute atomic E-state index is 0.0311. The van der Waals surface area contributed by atoms with Crippen molar-refractivity contribution in [2.45, 2.75) is 17.7 Å². The smallest absolute Gasteiger partial charge is 0.237 e. The van der Waals surface area contributed by atoms with Crippen LogP contribution in [0.2, 0.25) is 0 Å². The van der Waals surface area contributed by atoms with Gasteiger partial charge in [-0.05, 0) is 35.9 Å². The Balaban J connectivity index is 1.22. The molecule has 0 saturated carbocycles. The highest BCUT2D eigenvalue weighted by Gasteiger charge is 2.24. The molecule has 2 aromatic carbocycles. The van der Waals surface area contributed by atoms with E-state index in [2.05, 4.69) is 16.4 Å². The van der Waals surface area contributed by atoms with E-state index in [9.17, 15) is 9.59 Å². The van der Waals surface area contributed by atoms with Gasteiger partial charge in [0.25, 0.3) is 0 Å². The van der Waals surface area contributed by atoms with Gasteiger partial charge in [0, 0.05) is 35.2 Å². The highest BCUT2D eigenvalue weighted by Crippen LogP contribution is 2.35. The second kappa shape index (κ2) is 8.12. The number of anilines is 2. The molecule has 5 rings (SSSR count). The van der Waals surface area contributed by atoms with E-state index < -0.39 is 0 Å². The van der Waals surface area contributed by atoms with Gasteiger partial charge >= 0.3 is 0 Å². The summed E-state index contributed by atoms with van der Waals surface area (Å²) in [5.41, 5.74) is 3.92. The van der Waals surface area contributed by atoms with E-state index in [1.54, 1.807) is 4.90 Å². The summed E-state index contributed by atoms with van der Waals surface area (Å²) in [5, 5.41) is 5.37. The predicted octanol–water partition coefficient (Wildman–Crippen LogP) is 4.21. The zero-order valence-corrected chi connectivity index (χ0v) is 17.7. The number of aromatic nitrogens is 1. The lowest BCUT2D eigenvalue weighted by molar-refractivity contribution is -0.117. The number of nitrogens with zero attached hydrogens (tertiary/aromatic N) is 2. The first-order valence-electron chi connectivity index (χ1n) is 9.71. The first-order valence-corrected chi connectivity index (χ1v) is 11.6. The molecule has 1 N–H and O–H groups in total. The Labute approximate surface area is 182 Å². The Kier molecular flexibility index (Phi) is 5.18. The molecule has 0 aliphatic carbocycles. The van der Waals surface area contributed by atoms with E-state index in [-0.39, 0.29) is 18.2 Å². The third-order valence-electron chi connectivity index (χ3n) is 5.11. The Bertz CT molecular complexity index is 1130. The number of para-hydroxylation sites is 1. The van der Waals surface area contributed by atoms with Gasteiger partial charge < -0.3 is 15.0 Å². The molecule has 0 bridgehead atoms. The summed E-state index contributed by atoms with van der Waals surface area (Å²) in [7, 11) is 0. The number of benzene rings is 2. The van der Waals surface area contributed by atoms with Crippen LogP contribution in [0.1, 0.15) is 12.0 Å². The normalized spacial score (nSPS) is 14.8. The SMILES string of the molecule is O=C(CCN1C(=O)CSc2ccccc21)Nc1nc(-c2ccc3c(c2)CCO3)cs1. The summed E-state index contributed by atoms with van der Waals surface area (Å²) < 4.78 is 5.55. The number of fused-ring (bicyclic) bond motifs is 2. The topological polar surface area (TPSA) is 71.5 Å². The van der Waals surface area contributed by atoms with Crippen molar-refractivity contribution < 1.29 is 14.3 Å². The van der Waals surface area contributed by atoms with E-state index in [0.29, 0.717) is 17.4 Å². The Hall–Kier alpha value is -2.84. The van der Waals surface area contributed by atoms with Crippen LogP contribution in [0.25, 0.3) is 11.3 Å². The van der Waals surface area contributed by atoms with Crippen LogP contribution in [0.3, 0.4) is 0 Å². The molecule has 2 amide bonds. The van der Waals surface area contributed by atoms with Gasteiger partial charge in [-0.25, -0.2) is 4.98 Å². The molecule has 0 atom stereocenters. The van der Waals surface area contributed by atoms with Crippen molar-refractivity contribution in [2.24, 2.45) is 0 Å². The van der Waals surface area contributed by atoms with Crippen LogP contribution in [0, 0.1) is 0 Å². The molecule has 2 aliphatic heterocycles. The van der Waals surface area contributed by atoms with Gasteiger partial charge in [-0.1, -0.05) is 12.1 Å². The standard InChI is InChI=1S/C22H19N3O3S2/c26-20(7-9-25-17-3-1-2-4-19(17)29-13-21(25)27)24-22-23-16(12-30-22)14-5-6-18-15(11-14)8-10-28-18/h1-6,11-12H,7-10,13H2,(H,23,24,26). The van der Waals surface area contributed by atoms with E-state index in [0.717, 1.165) is 40.6 Å². The van der Waals surface area contributed by atoms with E-state index >= 15 is 0 Å². The number of rotatable bonds is 5. The van der Waals surface area contributed by atoms with Gasteiger partial charge in [0.1, 0.15) is 5.75 Å². The third kappa shape index (κ3) is 3.80. The van der Waals surface area contributed by atoms with Gasteiger partial charge in [-0.15, -0.1) is 23.1 Å². The first-order chi connectivity index (χ1) is 14.7. The fourth-order valence-corrected chi connectivity index (χ4v) is 5.28. The van der Waals surface area contributed by atoms with Crippen LogP contribution in [0.4, 0.5) is 10.8 Å². The average Bonchev–Trinajstić information content (AvgIpc) is 3.42. The molecular formula is C22H19N3O3S2. The largest absolute Gasteiger partial charge is 0.493 e. The molecule has 0 spiro atoms. The van der Waals surface area contributed by atoms with E-state index in [4.69, 9.17) is 4.74 Å². The minimum atomic E-state index is -0.151. The highest BCUT2D eigenvalue weighted by atomic mass is 32.2. The van der Waals surface area contributed by atoms with Crippen LogP contribution in [0.15, 0.2) is 52.7 Å². The van der Waals surface area contributed by atoms with E-state index in [1.807, 2.05) is 41.8 Å². The number of thioether (sulfide) groups is 1. The lowest BCUT2D eigenvalue weighted by atomic mass is 10.1. The predicted molar refractivity (Wildman–Crippen MR) is 120 cm³/mol. The molecule has 8 heteroatoms. The first kappa shape index (κ1) is 19.1. The van der Waals surface area contributed by atoms with Gasteiger partial charge in [0.05, 0.1) is 23.7 Å². The van der Waals surface area contributed by atoms with E-state index in [1.165, 1.54) is 28.7 Å². The summed E-state index contributed by atoms with van der Waals surface area (Å²) in [5.74, 6) is 1.22. The van der Waals surface area contributed by atoms with Crippen molar-refractivity contribution in [1.29, 1.82) is 0 Å². The van der Waals surface area contributed by atoms with Crippen molar-refractivity contribution in [3.05, 3.63) is 53.4 Å². The van der Waals surface area contributed by atoms with Gasteiger partial charge in [-0.3, -0.25) is 9.59 Å². The van der Waals surface area contributed by atoms with Crippen molar-refractivity contribution in [2.75, 3.05) is 29.1 Å². The highest BCUT2D eigenvalue weighted by molar-refractivity contribution is 8.00. The van der Waals surface area contributed by atoms with Gasteiger partial charge in [0.2, 0.25) is 11.8 Å². The number of carbonyl (C=O) groups excluding carboxylic acids is 2. The summed E-state index contributed by atoms with van der Waals surface area (Å²) in [6, 6.07) is 13.9. The number of hydrogen-bond acceptors (Lipinski definition) is 6. The average molecular weight is 438 g/mol. The zero-order valence-electron chi connectivity index (χ0n) is 16.1. The molecule has 2 aliphatic rings. The fraction of sp³-hybridized carbons (Fsp3) is 0.227. The molecule has 1 aromatic heterocycles. The summed E-state index contributed by atoms with van der Waals surface area (Å²) in [4.78, 5) is 32.1. The number of amides is 2. The number of nitrogens with one attached hydrogen (secondary N) is 1. The van der Waals surface area contributed by atoms with Crippen LogP contribution < -0.4 is 15.0 Å². The van der Waals surface area contributed by atoms with Crippen molar-refractivity contribution in [1.82, 2.24) is 4.98 Å². The molecule has 6 nitrogen and oxygen atoms in total. The van der Waals surface area contributed by atoms with Crippen LogP contribution in [0.5, 0.6) is 5.75 Å². The Morgan fingerprint density at radius 3 is 3.07 bits per heavy atom. The maximum atomic E-state index is 12.5. The van der Waals surface area contributed by atoms with Crippen LogP contribution in [-0.2, 0) is 16.0 Å². The fourth-order valence-electron chi connectivity index (χ4n) is 3.60. The monoisotopic (exact) mass is 437 g/mol. The second-order valence-corrected chi connectivity index (χ2v) is 8.93. The molecule has 0 saturated heterocycles. The Morgan fingerprint density at radius 2 is 2.13 bits per heavy atom. The number of ether oxygens (including phenoxy) is 1. The van der Waals surface area contributed by atoms with Crippen molar-refractivity contribution in [3.8, 4) is 17.0 Å². The molecule has 3 aromatic rings. The Morgan fingerprint density at radius 1 is 1.23 bits per heavy atom. The van der Waals surface area contributed by atoms with Gasteiger partial charge in [-0.2, -0.15) is 0 Å². The van der Waals surface area contributed by atoms with Crippen LogP contribution in [-0.4, -0.2) is 35.7 Å². The van der Waals surface area contributed by atoms with Crippen molar-refractivity contribution >= 4 is 45.7 Å². The molecule has 0 radical (unpaired) electrons.